The topological polar surface area (TPSA) is 117 Å². The van der Waals surface area contributed by atoms with E-state index in [1.165, 1.54) is 7.11 Å². The predicted octanol–water partition coefficient (Wildman–Crippen LogP) is 6.37. The van der Waals surface area contributed by atoms with Crippen LogP contribution in [0.2, 0.25) is 13.1 Å². The Morgan fingerprint density at radius 1 is 0.896 bits per heavy atom. The first-order valence-corrected chi connectivity index (χ1v) is 21.3. The Kier molecular flexibility index (Phi) is 15.2. The monoisotopic (exact) mass is 712 g/mol. The van der Waals surface area contributed by atoms with E-state index in [2.05, 4.69) is 6.92 Å². The van der Waals surface area contributed by atoms with Gasteiger partial charge in [-0.05, 0) is 56.7 Å². The van der Waals surface area contributed by atoms with Crippen LogP contribution in [-0.2, 0) is 46.8 Å². The molecular weight excluding hydrogens is 657 g/mol. The van der Waals surface area contributed by atoms with Gasteiger partial charge < -0.3 is 42.0 Å². The lowest BCUT2D eigenvalue weighted by atomic mass is 9.84. The Labute approximate surface area is 291 Å². The van der Waals surface area contributed by atoms with Gasteiger partial charge in [0, 0.05) is 40.1 Å². The molecule has 2 aliphatic heterocycles. The number of benzene rings is 1. The van der Waals surface area contributed by atoms with Crippen LogP contribution in [0.3, 0.4) is 0 Å². The molecule has 0 radical (unpaired) electrons. The highest BCUT2D eigenvalue weighted by Gasteiger charge is 2.67. The maximum absolute atomic E-state index is 12.9. The first-order valence-electron chi connectivity index (χ1n) is 17.5. The highest BCUT2D eigenvalue weighted by atomic mass is 32.2. The molecule has 3 aliphatic rings. The summed E-state index contributed by atoms with van der Waals surface area (Å²) in [5, 5.41) is 0. The molecule has 11 nitrogen and oxygen atoms in total. The van der Waals surface area contributed by atoms with Gasteiger partial charge in [-0.25, -0.2) is 4.79 Å². The molecule has 1 aliphatic carbocycles. The number of hydrogen-bond acceptors (Lipinski definition) is 12. The molecule has 272 valence electrons. The maximum atomic E-state index is 12.9. The summed E-state index contributed by atoms with van der Waals surface area (Å²) in [5.74, 6) is -2.08. The number of hydrogen-bond donors (Lipinski definition) is 0. The van der Waals surface area contributed by atoms with Gasteiger partial charge in [0.2, 0.25) is 11.6 Å². The van der Waals surface area contributed by atoms with Gasteiger partial charge in [-0.3, -0.25) is 4.79 Å². The summed E-state index contributed by atoms with van der Waals surface area (Å²) in [6, 6.07) is 8.91. The average Bonchev–Trinajstić information content (AvgIpc) is 3.10. The van der Waals surface area contributed by atoms with Crippen molar-refractivity contribution in [1.82, 2.24) is 0 Å². The second kappa shape index (κ2) is 18.6. The Balaban J connectivity index is 1.45. The van der Waals surface area contributed by atoms with Gasteiger partial charge in [-0.2, -0.15) is 0 Å². The SMILES string of the molecule is CCS[C@H]1O[C@H](COC(=O)c2ccccc2)[C@H]2O[C@@]3(OC)CCCC[C@]3(OC)O[C@@H]2[C@@H]1O[Si](C)(C)OCCCCCCCCC(=O)OC. The minimum Gasteiger partial charge on any atom is -0.469 e. The molecule has 0 N–H and O–H groups in total. The molecule has 1 aromatic carbocycles. The Morgan fingerprint density at radius 2 is 1.52 bits per heavy atom. The van der Waals surface area contributed by atoms with Gasteiger partial charge in [-0.15, -0.1) is 11.8 Å². The summed E-state index contributed by atoms with van der Waals surface area (Å²) >= 11 is 1.62. The Morgan fingerprint density at radius 3 is 2.15 bits per heavy atom. The van der Waals surface area contributed by atoms with E-state index in [1.54, 1.807) is 50.2 Å². The van der Waals surface area contributed by atoms with Crippen LogP contribution in [0.15, 0.2) is 30.3 Å². The first-order chi connectivity index (χ1) is 23.1. The summed E-state index contributed by atoms with van der Waals surface area (Å²) in [5.41, 5.74) is 0.0436. The fraction of sp³-hybridized carbons (Fsp3) is 0.771. The largest absolute Gasteiger partial charge is 0.469 e. The molecule has 1 aromatic rings. The Bertz CT molecular complexity index is 1140. The number of unbranched alkanes of at least 4 members (excludes halogenated alkanes) is 5. The van der Waals surface area contributed by atoms with E-state index in [0.29, 0.717) is 31.4 Å². The summed E-state index contributed by atoms with van der Waals surface area (Å²) < 4.78 is 56.6. The van der Waals surface area contributed by atoms with Gasteiger partial charge in [-0.1, -0.05) is 50.8 Å². The van der Waals surface area contributed by atoms with Gasteiger partial charge in [0.15, 0.2) is 0 Å². The van der Waals surface area contributed by atoms with Crippen molar-refractivity contribution < 1.29 is 51.6 Å². The lowest BCUT2D eigenvalue weighted by Crippen LogP contribution is -2.75. The lowest BCUT2D eigenvalue weighted by Gasteiger charge is -2.60. The van der Waals surface area contributed by atoms with Crippen LogP contribution in [0, 0.1) is 0 Å². The number of carbonyl (C=O) groups excluding carboxylic acids is 2. The number of methoxy groups -OCH3 is 3. The van der Waals surface area contributed by atoms with Crippen LogP contribution in [0.5, 0.6) is 0 Å². The van der Waals surface area contributed by atoms with Crippen molar-refractivity contribution in [1.29, 1.82) is 0 Å². The molecular formula is C35H56O11SSi. The molecule has 48 heavy (non-hydrogen) atoms. The molecule has 4 rings (SSSR count). The van der Waals surface area contributed by atoms with Crippen LogP contribution in [-0.4, -0.2) is 102 Å². The van der Waals surface area contributed by atoms with Crippen molar-refractivity contribution in [3.05, 3.63) is 35.9 Å². The van der Waals surface area contributed by atoms with Crippen molar-refractivity contribution in [3.8, 4) is 0 Å². The second-order valence-electron chi connectivity index (χ2n) is 13.0. The van der Waals surface area contributed by atoms with Gasteiger partial charge in [0.1, 0.15) is 36.5 Å². The van der Waals surface area contributed by atoms with Crippen LogP contribution in [0.4, 0.5) is 0 Å². The van der Waals surface area contributed by atoms with E-state index in [9.17, 15) is 9.59 Å². The molecule has 0 bridgehead atoms. The van der Waals surface area contributed by atoms with Gasteiger partial charge >= 0.3 is 20.5 Å². The number of ether oxygens (including phenoxy) is 7. The predicted molar refractivity (Wildman–Crippen MR) is 184 cm³/mol. The minimum atomic E-state index is -2.68. The molecule has 0 aromatic heterocycles. The third-order valence-corrected chi connectivity index (χ3v) is 12.1. The zero-order valence-electron chi connectivity index (χ0n) is 29.6. The maximum Gasteiger partial charge on any atom is 0.338 e. The van der Waals surface area contributed by atoms with E-state index in [1.807, 2.05) is 19.2 Å². The van der Waals surface area contributed by atoms with E-state index < -0.39 is 56.0 Å². The van der Waals surface area contributed by atoms with Crippen molar-refractivity contribution in [2.24, 2.45) is 0 Å². The second-order valence-corrected chi connectivity index (χ2v) is 17.7. The summed E-state index contributed by atoms with van der Waals surface area (Å²) in [7, 11) is 2.00. The molecule has 1 saturated carbocycles. The number of thioether (sulfide) groups is 1. The van der Waals surface area contributed by atoms with Crippen LogP contribution < -0.4 is 0 Å². The first kappa shape index (κ1) is 39.2. The van der Waals surface area contributed by atoms with Crippen LogP contribution in [0.25, 0.3) is 0 Å². The normalized spacial score (nSPS) is 30.2. The van der Waals surface area contributed by atoms with Gasteiger partial charge in [0.05, 0.1) is 12.7 Å². The third kappa shape index (κ3) is 9.82. The van der Waals surface area contributed by atoms with Crippen molar-refractivity contribution >= 4 is 32.3 Å². The smallest absolute Gasteiger partial charge is 0.338 e. The van der Waals surface area contributed by atoms with E-state index in [-0.39, 0.29) is 12.6 Å². The molecule has 0 unspecified atom stereocenters. The highest BCUT2D eigenvalue weighted by molar-refractivity contribution is 7.99. The fourth-order valence-electron chi connectivity index (χ4n) is 6.83. The number of rotatable bonds is 19. The van der Waals surface area contributed by atoms with Crippen LogP contribution in [0.1, 0.15) is 87.9 Å². The van der Waals surface area contributed by atoms with Gasteiger partial charge in [0.25, 0.3) is 0 Å². The van der Waals surface area contributed by atoms with E-state index >= 15 is 0 Å². The molecule has 0 amide bonds. The van der Waals surface area contributed by atoms with Crippen molar-refractivity contribution in [2.45, 2.75) is 132 Å². The van der Waals surface area contributed by atoms with Crippen LogP contribution >= 0.6 is 11.8 Å². The zero-order valence-corrected chi connectivity index (χ0v) is 31.4. The number of fused-ring (bicyclic) bond motifs is 2. The number of carbonyl (C=O) groups is 2. The Hall–Kier alpha value is -1.55. The summed E-state index contributed by atoms with van der Waals surface area (Å²) in [6.07, 6.45) is 7.08. The summed E-state index contributed by atoms with van der Waals surface area (Å²) in [4.78, 5) is 24.2. The molecule has 0 spiro atoms. The molecule has 7 atom stereocenters. The average molecular weight is 713 g/mol. The van der Waals surface area contributed by atoms with Crippen molar-refractivity contribution in [3.63, 3.8) is 0 Å². The quantitative estimate of drug-likeness (QED) is 0.0901. The highest BCUT2D eigenvalue weighted by Crippen LogP contribution is 2.52. The third-order valence-electron chi connectivity index (χ3n) is 9.34. The minimum absolute atomic E-state index is 0.0223. The molecule has 2 saturated heterocycles. The lowest BCUT2D eigenvalue weighted by molar-refractivity contribution is -0.488. The van der Waals surface area contributed by atoms with Crippen molar-refractivity contribution in [2.75, 3.05) is 40.3 Å². The molecule has 2 heterocycles. The summed E-state index contributed by atoms with van der Waals surface area (Å²) in [6.45, 7) is 6.74. The number of esters is 2. The zero-order chi connectivity index (χ0) is 34.6. The molecule has 3 fully saturated rings. The van der Waals surface area contributed by atoms with E-state index in [0.717, 1.165) is 57.1 Å². The fourth-order valence-corrected chi connectivity index (χ4v) is 9.50. The van der Waals surface area contributed by atoms with E-state index in [4.69, 9.17) is 42.0 Å². The molecule has 13 heteroatoms. The standard InChI is InChI=1S/C35H56O11SSi/c1-7-47-33-31(46-48(5,6)42-24-18-11-9-8-10-15-21-28(36)38-2)30-29(27(43-33)25-41-32(37)26-19-13-12-14-20-26)44-34(39-3)22-16-17-23-35(34,40-4)45-30/h12-14,19-20,27,29-31,33H,7-11,15-18,21-25H2,1-6H3/t27-,29-,30+,31+,33-,34+,35+/m1/s1.